The van der Waals surface area contributed by atoms with Gasteiger partial charge in [0.1, 0.15) is 5.69 Å². The molecule has 0 bridgehead atoms. The molecule has 0 aliphatic carbocycles. The lowest BCUT2D eigenvalue weighted by Gasteiger charge is -2.17. The number of benzene rings is 1. The van der Waals surface area contributed by atoms with Crippen LogP contribution in [0.1, 0.15) is 16.9 Å². The first kappa shape index (κ1) is 14.7. The van der Waals surface area contributed by atoms with Gasteiger partial charge in [0.25, 0.3) is 5.91 Å². The Morgan fingerprint density at radius 1 is 1.35 bits per heavy atom. The van der Waals surface area contributed by atoms with Crippen LogP contribution in [0.5, 0.6) is 0 Å². The van der Waals surface area contributed by atoms with Crippen LogP contribution in [0.15, 0.2) is 24.3 Å². The number of H-pyrrole nitrogens is 1. The van der Waals surface area contributed by atoms with Crippen molar-refractivity contribution < 1.29 is 18.0 Å². The fourth-order valence-corrected chi connectivity index (χ4v) is 1.99. The maximum atomic E-state index is 12.1. The van der Waals surface area contributed by atoms with Crippen molar-refractivity contribution in [2.45, 2.75) is 12.6 Å². The summed E-state index contributed by atoms with van der Waals surface area (Å²) in [5, 5.41) is 1.30. The van der Waals surface area contributed by atoms with E-state index in [1.165, 1.54) is 7.05 Å². The number of halogens is 4. The Bertz CT molecular complexity index is 636. The van der Waals surface area contributed by atoms with Gasteiger partial charge in [-0.1, -0.05) is 17.7 Å². The third kappa shape index (κ3) is 3.45. The highest BCUT2D eigenvalue weighted by molar-refractivity contribution is 6.31. The Balaban J connectivity index is 2.14. The van der Waals surface area contributed by atoms with Gasteiger partial charge in [-0.15, -0.1) is 0 Å². The van der Waals surface area contributed by atoms with Gasteiger partial charge in [0, 0.05) is 29.5 Å². The second kappa shape index (κ2) is 5.36. The standard InChI is InChI=1S/C13H12ClF3N2O/c1-19(5-4-13(15,16)17)12(20)11-6-8-2-3-9(14)7-10(8)18-11/h2-3,6-7,18H,4-5H2,1H3. The van der Waals surface area contributed by atoms with Crippen LogP contribution < -0.4 is 0 Å². The van der Waals surface area contributed by atoms with Crippen molar-refractivity contribution in [2.75, 3.05) is 13.6 Å². The fourth-order valence-electron chi connectivity index (χ4n) is 1.82. The molecule has 1 N–H and O–H groups in total. The average Bonchev–Trinajstić information content (AvgIpc) is 2.76. The van der Waals surface area contributed by atoms with Crippen molar-refractivity contribution in [2.24, 2.45) is 0 Å². The number of aromatic amines is 1. The van der Waals surface area contributed by atoms with Crippen LogP contribution in [0, 0.1) is 0 Å². The quantitative estimate of drug-likeness (QED) is 0.918. The number of amides is 1. The first-order chi connectivity index (χ1) is 9.26. The number of nitrogens with zero attached hydrogens (tertiary/aromatic N) is 1. The van der Waals surface area contributed by atoms with E-state index in [0.29, 0.717) is 10.5 Å². The third-order valence-electron chi connectivity index (χ3n) is 2.89. The Kier molecular flexibility index (Phi) is 3.94. The number of alkyl halides is 3. The molecule has 108 valence electrons. The molecule has 0 saturated heterocycles. The minimum Gasteiger partial charge on any atom is -0.350 e. The summed E-state index contributed by atoms with van der Waals surface area (Å²) in [5.74, 6) is -0.485. The Hall–Kier alpha value is -1.69. The molecule has 0 aliphatic rings. The van der Waals surface area contributed by atoms with Gasteiger partial charge in [0.15, 0.2) is 0 Å². The number of rotatable bonds is 3. The number of carbonyl (C=O) groups is 1. The molecule has 1 aromatic heterocycles. The van der Waals surface area contributed by atoms with Crippen molar-refractivity contribution >= 4 is 28.4 Å². The second-order valence-electron chi connectivity index (χ2n) is 4.51. The maximum Gasteiger partial charge on any atom is 0.390 e. The van der Waals surface area contributed by atoms with Crippen molar-refractivity contribution in [3.8, 4) is 0 Å². The van der Waals surface area contributed by atoms with E-state index in [-0.39, 0.29) is 12.2 Å². The van der Waals surface area contributed by atoms with Gasteiger partial charge < -0.3 is 9.88 Å². The predicted molar refractivity (Wildman–Crippen MR) is 70.9 cm³/mol. The lowest BCUT2D eigenvalue weighted by Crippen LogP contribution is -2.30. The number of aromatic nitrogens is 1. The average molecular weight is 305 g/mol. The fraction of sp³-hybridized carbons (Fsp3) is 0.308. The van der Waals surface area contributed by atoms with Crippen LogP contribution in [-0.2, 0) is 0 Å². The molecule has 0 spiro atoms. The molecule has 0 aliphatic heterocycles. The van der Waals surface area contributed by atoms with Gasteiger partial charge in [-0.25, -0.2) is 0 Å². The van der Waals surface area contributed by atoms with Gasteiger partial charge in [-0.3, -0.25) is 4.79 Å². The molecule has 0 unspecified atom stereocenters. The highest BCUT2D eigenvalue weighted by atomic mass is 35.5. The molecule has 1 aromatic carbocycles. The summed E-state index contributed by atoms with van der Waals surface area (Å²) in [5.41, 5.74) is 0.914. The topological polar surface area (TPSA) is 36.1 Å². The molecule has 0 saturated carbocycles. The zero-order valence-corrected chi connectivity index (χ0v) is 11.3. The molecule has 3 nitrogen and oxygen atoms in total. The van der Waals surface area contributed by atoms with E-state index < -0.39 is 18.5 Å². The van der Waals surface area contributed by atoms with Crippen LogP contribution in [0.4, 0.5) is 13.2 Å². The predicted octanol–water partition coefficient (Wildman–Crippen LogP) is 3.85. The van der Waals surface area contributed by atoms with Crippen LogP contribution >= 0.6 is 11.6 Å². The molecule has 0 atom stereocenters. The minimum absolute atomic E-state index is 0.243. The SMILES string of the molecule is CN(CCC(F)(F)F)C(=O)c1cc2ccc(Cl)cc2[nH]1. The van der Waals surface area contributed by atoms with Crippen LogP contribution in [0.25, 0.3) is 10.9 Å². The molecule has 1 amide bonds. The van der Waals surface area contributed by atoms with Gasteiger partial charge in [-0.2, -0.15) is 13.2 Å². The number of fused-ring (bicyclic) bond motifs is 1. The van der Waals surface area contributed by atoms with Gasteiger partial charge in [-0.05, 0) is 18.2 Å². The lowest BCUT2D eigenvalue weighted by atomic mass is 10.2. The molecule has 2 rings (SSSR count). The number of hydrogen-bond acceptors (Lipinski definition) is 1. The van der Waals surface area contributed by atoms with Gasteiger partial charge in [0.2, 0.25) is 0 Å². The molecular weight excluding hydrogens is 293 g/mol. The minimum atomic E-state index is -4.28. The molecule has 7 heteroatoms. The highest BCUT2D eigenvalue weighted by Gasteiger charge is 2.28. The van der Waals surface area contributed by atoms with E-state index in [1.54, 1.807) is 24.3 Å². The van der Waals surface area contributed by atoms with Crippen molar-refractivity contribution in [3.63, 3.8) is 0 Å². The Morgan fingerprint density at radius 3 is 2.70 bits per heavy atom. The molecule has 2 aromatic rings. The van der Waals surface area contributed by atoms with Crippen molar-refractivity contribution in [3.05, 3.63) is 35.0 Å². The summed E-state index contributed by atoms with van der Waals surface area (Å²) < 4.78 is 36.4. The van der Waals surface area contributed by atoms with Crippen molar-refractivity contribution in [1.82, 2.24) is 9.88 Å². The van der Waals surface area contributed by atoms with Crippen LogP contribution in [0.3, 0.4) is 0 Å². The zero-order chi connectivity index (χ0) is 14.9. The second-order valence-corrected chi connectivity index (χ2v) is 4.94. The summed E-state index contributed by atoms with van der Waals surface area (Å²) in [4.78, 5) is 15.9. The first-order valence-electron chi connectivity index (χ1n) is 5.87. The number of hydrogen-bond donors (Lipinski definition) is 1. The molecule has 1 heterocycles. The van der Waals surface area contributed by atoms with Gasteiger partial charge >= 0.3 is 6.18 Å². The smallest absolute Gasteiger partial charge is 0.350 e. The van der Waals surface area contributed by atoms with Crippen LogP contribution in [-0.4, -0.2) is 35.6 Å². The summed E-state index contributed by atoms with van der Waals surface area (Å²) in [6, 6.07) is 6.67. The van der Waals surface area contributed by atoms with E-state index in [9.17, 15) is 18.0 Å². The third-order valence-corrected chi connectivity index (χ3v) is 3.13. The van der Waals surface area contributed by atoms with Crippen LogP contribution in [0.2, 0.25) is 5.02 Å². The van der Waals surface area contributed by atoms with Gasteiger partial charge in [0.05, 0.1) is 6.42 Å². The summed E-state index contributed by atoms with van der Waals surface area (Å²) in [7, 11) is 1.34. The molecular formula is C13H12ClF3N2O. The summed E-state index contributed by atoms with van der Waals surface area (Å²) in [6.07, 6.45) is -5.30. The number of nitrogens with one attached hydrogen (secondary N) is 1. The molecule has 0 fully saturated rings. The van der Waals surface area contributed by atoms with E-state index in [1.807, 2.05) is 0 Å². The molecule has 0 radical (unpaired) electrons. The van der Waals surface area contributed by atoms with E-state index in [0.717, 1.165) is 10.3 Å². The number of carbonyl (C=O) groups excluding carboxylic acids is 1. The summed E-state index contributed by atoms with van der Waals surface area (Å²) >= 11 is 5.83. The Labute approximate surface area is 118 Å². The normalized spacial score (nSPS) is 11.8. The first-order valence-corrected chi connectivity index (χ1v) is 6.24. The zero-order valence-electron chi connectivity index (χ0n) is 10.6. The maximum absolute atomic E-state index is 12.1. The highest BCUT2D eigenvalue weighted by Crippen LogP contribution is 2.22. The Morgan fingerprint density at radius 2 is 2.05 bits per heavy atom. The van der Waals surface area contributed by atoms with E-state index in [2.05, 4.69) is 4.98 Å². The van der Waals surface area contributed by atoms with E-state index >= 15 is 0 Å². The lowest BCUT2D eigenvalue weighted by molar-refractivity contribution is -0.136. The largest absolute Gasteiger partial charge is 0.390 e. The molecule has 20 heavy (non-hydrogen) atoms. The summed E-state index contributed by atoms with van der Waals surface area (Å²) in [6.45, 7) is -0.377. The van der Waals surface area contributed by atoms with Crippen molar-refractivity contribution in [1.29, 1.82) is 0 Å². The monoisotopic (exact) mass is 304 g/mol. The van der Waals surface area contributed by atoms with E-state index in [4.69, 9.17) is 11.6 Å².